The van der Waals surface area contributed by atoms with Crippen LogP contribution in [0.2, 0.25) is 0 Å². The highest BCUT2D eigenvalue weighted by Gasteiger charge is 2.18. The molecule has 0 unspecified atom stereocenters. The third-order valence-electron chi connectivity index (χ3n) is 3.69. The molecule has 0 bridgehead atoms. The van der Waals surface area contributed by atoms with Gasteiger partial charge >= 0.3 is 0 Å². The van der Waals surface area contributed by atoms with E-state index in [0.29, 0.717) is 19.0 Å². The van der Waals surface area contributed by atoms with Crippen molar-refractivity contribution in [3.63, 3.8) is 0 Å². The molecule has 1 aromatic heterocycles. The lowest BCUT2D eigenvalue weighted by Crippen LogP contribution is -2.46. The fourth-order valence-corrected chi connectivity index (χ4v) is 2.90. The number of hydrogen-bond acceptors (Lipinski definition) is 5. The summed E-state index contributed by atoms with van der Waals surface area (Å²) in [6, 6.07) is 9.87. The number of nitrogens with zero attached hydrogens (tertiary/aromatic N) is 4. The lowest BCUT2D eigenvalue weighted by Gasteiger charge is -2.32. The zero-order valence-corrected chi connectivity index (χ0v) is 14.5. The van der Waals surface area contributed by atoms with E-state index < -0.39 is 0 Å². The van der Waals surface area contributed by atoms with Crippen molar-refractivity contribution < 1.29 is 4.79 Å². The quantitative estimate of drug-likeness (QED) is 0.832. The van der Waals surface area contributed by atoms with E-state index in [1.54, 1.807) is 4.90 Å². The summed E-state index contributed by atoms with van der Waals surface area (Å²) in [6.07, 6.45) is 0.898. The van der Waals surface area contributed by atoms with Crippen LogP contribution in [0.1, 0.15) is 5.69 Å². The number of hydrogen-bond donors (Lipinski definition) is 1. The van der Waals surface area contributed by atoms with Gasteiger partial charge < -0.3 is 15.1 Å². The highest BCUT2D eigenvalue weighted by atomic mass is 79.9. The van der Waals surface area contributed by atoms with Gasteiger partial charge in [-0.15, -0.1) is 0 Å². The molecule has 0 radical (unpaired) electrons. The van der Waals surface area contributed by atoms with Crippen molar-refractivity contribution in [2.24, 2.45) is 0 Å². The van der Waals surface area contributed by atoms with E-state index in [1.807, 2.05) is 37.3 Å². The van der Waals surface area contributed by atoms with Crippen LogP contribution >= 0.6 is 15.9 Å². The molecule has 120 valence electrons. The molecule has 1 saturated heterocycles. The van der Waals surface area contributed by atoms with E-state index in [9.17, 15) is 4.79 Å². The number of aryl methyl sites for hydroxylation is 1. The topological polar surface area (TPSA) is 61.4 Å². The Balaban J connectivity index is 1.78. The summed E-state index contributed by atoms with van der Waals surface area (Å²) in [5, 5.41) is 3.31. The van der Waals surface area contributed by atoms with Crippen molar-refractivity contribution in [3.05, 3.63) is 40.5 Å². The van der Waals surface area contributed by atoms with E-state index in [4.69, 9.17) is 0 Å². The number of amides is 1. The molecule has 0 spiro atoms. The fraction of sp³-hybridized carbons (Fsp3) is 0.312. The van der Waals surface area contributed by atoms with E-state index >= 15 is 0 Å². The molecule has 3 rings (SSSR count). The average Bonchev–Trinajstić information content (AvgIpc) is 2.54. The van der Waals surface area contributed by atoms with Gasteiger partial charge in [-0.2, -0.15) is 4.98 Å². The summed E-state index contributed by atoms with van der Waals surface area (Å²) in [7, 11) is 0. The lowest BCUT2D eigenvalue weighted by atomic mass is 10.3. The van der Waals surface area contributed by atoms with Gasteiger partial charge in [-0.05, 0) is 25.1 Å². The molecule has 7 heteroatoms. The minimum Gasteiger partial charge on any atom is -0.342 e. The zero-order valence-electron chi connectivity index (χ0n) is 12.9. The largest absolute Gasteiger partial charge is 0.342 e. The summed E-state index contributed by atoms with van der Waals surface area (Å²) >= 11 is 3.47. The van der Waals surface area contributed by atoms with Crippen LogP contribution in [-0.2, 0) is 4.79 Å². The molecule has 0 aliphatic carbocycles. The Labute approximate surface area is 143 Å². The molecule has 1 aromatic carbocycles. The Bertz CT molecular complexity index is 701. The van der Waals surface area contributed by atoms with Crippen molar-refractivity contribution in [3.8, 4) is 0 Å². The van der Waals surface area contributed by atoms with Crippen LogP contribution in [0.25, 0.3) is 0 Å². The number of carbonyl (C=O) groups excluding carboxylic acids is 1. The van der Waals surface area contributed by atoms with Crippen LogP contribution in [-0.4, -0.2) is 47.5 Å². The first-order valence-corrected chi connectivity index (χ1v) is 8.26. The Morgan fingerprint density at radius 3 is 2.65 bits per heavy atom. The first-order chi connectivity index (χ1) is 11.1. The summed E-state index contributed by atoms with van der Waals surface area (Å²) < 4.78 is 1.01. The van der Waals surface area contributed by atoms with Crippen molar-refractivity contribution in [1.29, 1.82) is 0 Å². The maximum Gasteiger partial charge on any atom is 0.227 e. The van der Waals surface area contributed by atoms with Gasteiger partial charge in [0.25, 0.3) is 0 Å². The van der Waals surface area contributed by atoms with E-state index in [1.165, 1.54) is 0 Å². The van der Waals surface area contributed by atoms with Crippen LogP contribution in [0.5, 0.6) is 0 Å². The van der Waals surface area contributed by atoms with Crippen molar-refractivity contribution in [2.75, 3.05) is 36.4 Å². The average molecular weight is 376 g/mol. The van der Waals surface area contributed by atoms with Crippen molar-refractivity contribution in [2.45, 2.75) is 6.92 Å². The maximum atomic E-state index is 10.8. The molecule has 6 nitrogen and oxygen atoms in total. The Morgan fingerprint density at radius 1 is 1.17 bits per heavy atom. The van der Waals surface area contributed by atoms with E-state index in [-0.39, 0.29) is 0 Å². The monoisotopic (exact) mass is 375 g/mol. The molecule has 0 atom stereocenters. The normalized spacial score (nSPS) is 14.7. The number of nitrogens with one attached hydrogen (secondary N) is 1. The maximum absolute atomic E-state index is 10.8. The number of benzene rings is 1. The summed E-state index contributed by atoms with van der Waals surface area (Å²) in [6.45, 7) is 4.86. The molecular weight excluding hydrogens is 358 g/mol. The third kappa shape index (κ3) is 3.98. The van der Waals surface area contributed by atoms with Gasteiger partial charge in [-0.25, -0.2) is 4.98 Å². The molecule has 23 heavy (non-hydrogen) atoms. The predicted octanol–water partition coefficient (Wildman–Crippen LogP) is 2.57. The molecule has 1 N–H and O–H groups in total. The summed E-state index contributed by atoms with van der Waals surface area (Å²) in [5.41, 5.74) is 1.87. The van der Waals surface area contributed by atoms with Crippen molar-refractivity contribution >= 4 is 39.8 Å². The van der Waals surface area contributed by atoms with Gasteiger partial charge in [0.1, 0.15) is 5.82 Å². The molecule has 0 saturated carbocycles. The molecule has 2 heterocycles. The minimum atomic E-state index is 0.702. The molecule has 1 amide bonds. The molecule has 2 aromatic rings. The van der Waals surface area contributed by atoms with E-state index in [0.717, 1.165) is 41.2 Å². The molecule has 1 aliphatic rings. The molecule has 1 aliphatic heterocycles. The number of piperazine rings is 1. The first-order valence-electron chi connectivity index (χ1n) is 7.46. The van der Waals surface area contributed by atoms with Crippen LogP contribution in [0.3, 0.4) is 0 Å². The van der Waals surface area contributed by atoms with Crippen LogP contribution in [0.15, 0.2) is 34.8 Å². The zero-order chi connectivity index (χ0) is 16.2. The summed E-state index contributed by atoms with van der Waals surface area (Å²) in [5.74, 6) is 1.47. The lowest BCUT2D eigenvalue weighted by molar-refractivity contribution is -0.118. The van der Waals surface area contributed by atoms with Crippen LogP contribution < -0.4 is 10.2 Å². The SMILES string of the molecule is Cc1cc(Nc2cccc(Br)c2)nc(N2CCN(C=O)CC2)n1. The summed E-state index contributed by atoms with van der Waals surface area (Å²) in [4.78, 5) is 23.8. The van der Waals surface area contributed by atoms with Gasteiger partial charge in [0, 0.05) is 48.1 Å². The van der Waals surface area contributed by atoms with Crippen LogP contribution in [0.4, 0.5) is 17.5 Å². The molecular formula is C16H18BrN5O. The minimum absolute atomic E-state index is 0.702. The first kappa shape index (κ1) is 15.7. The van der Waals surface area contributed by atoms with Gasteiger partial charge in [-0.1, -0.05) is 22.0 Å². The van der Waals surface area contributed by atoms with Gasteiger partial charge in [0.05, 0.1) is 0 Å². The third-order valence-corrected chi connectivity index (χ3v) is 4.18. The Hall–Kier alpha value is -2.15. The second kappa shape index (κ2) is 6.95. The second-order valence-electron chi connectivity index (χ2n) is 5.46. The number of carbonyl (C=O) groups is 1. The van der Waals surface area contributed by atoms with Gasteiger partial charge in [0.15, 0.2) is 0 Å². The second-order valence-corrected chi connectivity index (χ2v) is 6.37. The van der Waals surface area contributed by atoms with Crippen molar-refractivity contribution in [1.82, 2.24) is 14.9 Å². The van der Waals surface area contributed by atoms with Gasteiger partial charge in [-0.3, -0.25) is 4.79 Å². The van der Waals surface area contributed by atoms with E-state index in [2.05, 4.69) is 36.1 Å². The molecule has 1 fully saturated rings. The van der Waals surface area contributed by atoms with Crippen LogP contribution in [0, 0.1) is 6.92 Å². The number of aromatic nitrogens is 2. The highest BCUT2D eigenvalue weighted by molar-refractivity contribution is 9.10. The standard InChI is InChI=1S/C16H18BrN5O/c1-12-9-15(19-14-4-2-3-13(17)10-14)20-16(18-12)22-7-5-21(11-23)6-8-22/h2-4,9-11H,5-8H2,1H3,(H,18,19,20). The number of rotatable bonds is 4. The Morgan fingerprint density at radius 2 is 1.96 bits per heavy atom. The Kier molecular flexibility index (Phi) is 4.76. The fourth-order valence-electron chi connectivity index (χ4n) is 2.50. The number of halogens is 1. The number of anilines is 3. The predicted molar refractivity (Wildman–Crippen MR) is 94.0 cm³/mol. The smallest absolute Gasteiger partial charge is 0.227 e. The van der Waals surface area contributed by atoms with Gasteiger partial charge in [0.2, 0.25) is 12.4 Å². The highest BCUT2D eigenvalue weighted by Crippen LogP contribution is 2.21.